The minimum Gasteiger partial charge on any atom is -0.372 e. The van der Waals surface area contributed by atoms with E-state index in [1.807, 2.05) is 31.2 Å². The van der Waals surface area contributed by atoms with Gasteiger partial charge in [-0.2, -0.15) is 13.2 Å². The van der Waals surface area contributed by atoms with Gasteiger partial charge in [0, 0.05) is 39.3 Å². The van der Waals surface area contributed by atoms with E-state index >= 15 is 0 Å². The van der Waals surface area contributed by atoms with Gasteiger partial charge in [0.2, 0.25) is 5.91 Å². The number of benzene rings is 1. The fourth-order valence-corrected chi connectivity index (χ4v) is 2.88. The first-order valence-corrected chi connectivity index (χ1v) is 8.74. The van der Waals surface area contributed by atoms with Gasteiger partial charge < -0.3 is 15.4 Å². The van der Waals surface area contributed by atoms with Gasteiger partial charge in [0.1, 0.15) is 12.6 Å². The molecule has 1 aromatic rings. The van der Waals surface area contributed by atoms with Crippen molar-refractivity contribution in [2.45, 2.75) is 25.6 Å². The summed E-state index contributed by atoms with van der Waals surface area (Å²) in [5, 5.41) is 0. The fraction of sp³-hybridized carbons (Fsp3) is 0.611. The predicted octanol–water partition coefficient (Wildman–Crippen LogP) is 2.53. The summed E-state index contributed by atoms with van der Waals surface area (Å²) < 4.78 is 40.5. The van der Waals surface area contributed by atoms with Crippen molar-refractivity contribution in [2.24, 2.45) is 5.73 Å². The maximum atomic E-state index is 12.5. The molecule has 9 heteroatoms. The third-order valence-corrected chi connectivity index (χ3v) is 4.42. The summed E-state index contributed by atoms with van der Waals surface area (Å²) in [6, 6.07) is 6.94. The minimum atomic E-state index is -4.28. The van der Waals surface area contributed by atoms with E-state index in [2.05, 4.69) is 9.64 Å². The quantitative estimate of drug-likeness (QED) is 0.703. The van der Waals surface area contributed by atoms with Crippen molar-refractivity contribution < 1.29 is 22.7 Å². The van der Waals surface area contributed by atoms with Gasteiger partial charge in [-0.3, -0.25) is 9.69 Å². The van der Waals surface area contributed by atoms with Crippen molar-refractivity contribution >= 4 is 18.3 Å². The molecule has 0 radical (unpaired) electrons. The Balaban J connectivity index is 0.00000364. The summed E-state index contributed by atoms with van der Waals surface area (Å²) in [7, 11) is 0. The Morgan fingerprint density at radius 3 is 2.33 bits per heavy atom. The maximum absolute atomic E-state index is 12.5. The average molecular weight is 410 g/mol. The second-order valence-electron chi connectivity index (χ2n) is 6.58. The van der Waals surface area contributed by atoms with Gasteiger partial charge in [-0.05, 0) is 18.9 Å². The summed E-state index contributed by atoms with van der Waals surface area (Å²) in [6.07, 6.45) is -3.74. The van der Waals surface area contributed by atoms with Gasteiger partial charge in [-0.15, -0.1) is 12.4 Å². The number of halogens is 4. The smallest absolute Gasteiger partial charge is 0.372 e. The van der Waals surface area contributed by atoms with Crippen LogP contribution >= 0.6 is 12.4 Å². The van der Waals surface area contributed by atoms with Crippen LogP contribution in [0.5, 0.6) is 0 Å². The maximum Gasteiger partial charge on any atom is 0.411 e. The van der Waals surface area contributed by atoms with E-state index in [1.165, 1.54) is 0 Å². The molecule has 1 saturated heterocycles. The van der Waals surface area contributed by atoms with Crippen LogP contribution in [0.15, 0.2) is 24.3 Å². The van der Waals surface area contributed by atoms with E-state index in [4.69, 9.17) is 5.73 Å². The van der Waals surface area contributed by atoms with E-state index < -0.39 is 18.8 Å². The summed E-state index contributed by atoms with van der Waals surface area (Å²) in [6.45, 7) is 4.03. The molecule has 1 aromatic carbocycles. The van der Waals surface area contributed by atoms with Crippen molar-refractivity contribution in [3.05, 3.63) is 35.4 Å². The van der Waals surface area contributed by atoms with Crippen LogP contribution in [0.2, 0.25) is 0 Å². The average Bonchev–Trinajstić information content (AvgIpc) is 2.60. The second-order valence-corrected chi connectivity index (χ2v) is 6.58. The molecule has 1 heterocycles. The molecular weight excluding hydrogens is 383 g/mol. The van der Waals surface area contributed by atoms with Crippen molar-refractivity contribution in [2.75, 3.05) is 45.9 Å². The van der Waals surface area contributed by atoms with Crippen LogP contribution in [0.1, 0.15) is 23.6 Å². The molecule has 1 aliphatic rings. The van der Waals surface area contributed by atoms with E-state index in [0.717, 1.165) is 11.1 Å². The minimum absolute atomic E-state index is 0. The molecule has 1 atom stereocenters. The monoisotopic (exact) mass is 409 g/mol. The zero-order chi connectivity index (χ0) is 19.2. The molecule has 0 aliphatic carbocycles. The Kier molecular flexibility index (Phi) is 9.52. The number of amides is 1. The standard InChI is InChI=1S/C18H26F3N3O2.ClH/c1-14-3-5-15(6-4-14)16(22)17(25)24-10-8-23(9-11-24)7-2-12-26-13-18(19,20)21;/h3-6,16H,2,7-13,22H2,1H3;1H. The lowest BCUT2D eigenvalue weighted by atomic mass is 10.0. The fourth-order valence-electron chi connectivity index (χ4n) is 2.88. The topological polar surface area (TPSA) is 58.8 Å². The van der Waals surface area contributed by atoms with Crippen LogP contribution in [-0.2, 0) is 9.53 Å². The molecule has 27 heavy (non-hydrogen) atoms. The van der Waals surface area contributed by atoms with Gasteiger partial charge in [0.05, 0.1) is 0 Å². The van der Waals surface area contributed by atoms with Gasteiger partial charge >= 0.3 is 6.18 Å². The highest BCUT2D eigenvalue weighted by Gasteiger charge is 2.28. The van der Waals surface area contributed by atoms with Crippen molar-refractivity contribution in [3.8, 4) is 0 Å². The molecule has 1 unspecified atom stereocenters. The summed E-state index contributed by atoms with van der Waals surface area (Å²) in [5.41, 5.74) is 8.00. The molecular formula is C18H27ClF3N3O2. The summed E-state index contributed by atoms with van der Waals surface area (Å²) in [4.78, 5) is 16.4. The number of nitrogens with two attached hydrogens (primary N) is 1. The van der Waals surface area contributed by atoms with E-state index in [1.54, 1.807) is 4.90 Å². The normalized spacial score (nSPS) is 16.7. The molecule has 2 rings (SSSR count). The lowest BCUT2D eigenvalue weighted by Gasteiger charge is -2.36. The van der Waals surface area contributed by atoms with Crippen molar-refractivity contribution in [1.82, 2.24) is 9.80 Å². The first kappa shape index (κ1) is 23.7. The van der Waals surface area contributed by atoms with Crippen molar-refractivity contribution in [3.63, 3.8) is 0 Å². The van der Waals surface area contributed by atoms with Gasteiger partial charge in [0.15, 0.2) is 0 Å². The third-order valence-electron chi connectivity index (χ3n) is 4.42. The summed E-state index contributed by atoms with van der Waals surface area (Å²) in [5.74, 6) is -0.0954. The van der Waals surface area contributed by atoms with E-state index in [0.29, 0.717) is 39.1 Å². The predicted molar refractivity (Wildman–Crippen MR) is 99.9 cm³/mol. The van der Waals surface area contributed by atoms with Gasteiger partial charge in [-0.25, -0.2) is 0 Å². The third kappa shape index (κ3) is 8.04. The zero-order valence-electron chi connectivity index (χ0n) is 15.4. The van der Waals surface area contributed by atoms with Crippen molar-refractivity contribution in [1.29, 1.82) is 0 Å². The highest BCUT2D eigenvalue weighted by atomic mass is 35.5. The van der Waals surface area contributed by atoms with Crippen LogP contribution in [-0.4, -0.2) is 67.8 Å². The highest BCUT2D eigenvalue weighted by molar-refractivity contribution is 5.85. The van der Waals surface area contributed by atoms with Crippen LogP contribution in [0.4, 0.5) is 13.2 Å². The highest BCUT2D eigenvalue weighted by Crippen LogP contribution is 2.16. The lowest BCUT2D eigenvalue weighted by Crippen LogP contribution is -2.51. The molecule has 1 amide bonds. The largest absolute Gasteiger partial charge is 0.411 e. The molecule has 5 nitrogen and oxygen atoms in total. The number of carbonyl (C=O) groups is 1. The lowest BCUT2D eigenvalue weighted by molar-refractivity contribution is -0.174. The number of alkyl halides is 3. The molecule has 154 valence electrons. The number of rotatable bonds is 7. The number of hydrogen-bond acceptors (Lipinski definition) is 4. The Labute approximate surface area is 164 Å². The summed E-state index contributed by atoms with van der Waals surface area (Å²) >= 11 is 0. The number of ether oxygens (including phenoxy) is 1. The van der Waals surface area contributed by atoms with Crippen LogP contribution in [0, 0.1) is 6.92 Å². The Hall–Kier alpha value is -1.35. The Bertz CT molecular complexity index is 576. The number of carbonyl (C=O) groups excluding carboxylic acids is 1. The number of hydrogen-bond donors (Lipinski definition) is 1. The number of nitrogens with zero attached hydrogens (tertiary/aromatic N) is 2. The van der Waals surface area contributed by atoms with Gasteiger partial charge in [-0.1, -0.05) is 29.8 Å². The molecule has 0 saturated carbocycles. The first-order chi connectivity index (χ1) is 12.3. The zero-order valence-corrected chi connectivity index (χ0v) is 16.2. The molecule has 2 N–H and O–H groups in total. The molecule has 0 aromatic heterocycles. The molecule has 0 bridgehead atoms. The molecule has 1 fully saturated rings. The second kappa shape index (κ2) is 10.8. The number of aryl methyl sites for hydroxylation is 1. The van der Waals surface area contributed by atoms with Crippen LogP contribution < -0.4 is 5.73 Å². The van der Waals surface area contributed by atoms with E-state index in [-0.39, 0.29) is 24.9 Å². The SMILES string of the molecule is Cc1ccc(C(N)C(=O)N2CCN(CCCOCC(F)(F)F)CC2)cc1.Cl. The number of piperazine rings is 1. The van der Waals surface area contributed by atoms with Crippen LogP contribution in [0.25, 0.3) is 0 Å². The van der Waals surface area contributed by atoms with Crippen LogP contribution in [0.3, 0.4) is 0 Å². The van der Waals surface area contributed by atoms with E-state index in [9.17, 15) is 18.0 Å². The first-order valence-electron chi connectivity index (χ1n) is 8.74. The Morgan fingerprint density at radius 1 is 1.19 bits per heavy atom. The molecule has 0 spiro atoms. The van der Waals surface area contributed by atoms with Gasteiger partial charge in [0.25, 0.3) is 0 Å². The Morgan fingerprint density at radius 2 is 1.78 bits per heavy atom. The molecule has 1 aliphatic heterocycles.